The zero-order chi connectivity index (χ0) is 55.0. The third-order valence-corrected chi connectivity index (χ3v) is 19.0. The number of nitrogens with zero attached hydrogens (tertiary/aromatic N) is 3. The van der Waals surface area contributed by atoms with Crippen molar-refractivity contribution >= 4 is 117 Å². The molecule has 84 heavy (non-hydrogen) atoms. The van der Waals surface area contributed by atoms with Crippen molar-refractivity contribution in [3.63, 3.8) is 0 Å². The van der Waals surface area contributed by atoms with Crippen molar-refractivity contribution < 1.29 is 4.42 Å². The molecule has 3 aromatic heterocycles. The summed E-state index contributed by atoms with van der Waals surface area (Å²) in [7, 11) is 0. The zero-order valence-corrected chi connectivity index (χ0v) is 46.3. The van der Waals surface area contributed by atoms with Crippen molar-refractivity contribution in [3.05, 3.63) is 291 Å². The van der Waals surface area contributed by atoms with Crippen molar-refractivity contribution in [2.45, 2.75) is 9.79 Å². The number of rotatable bonds is 7. The van der Waals surface area contributed by atoms with Crippen LogP contribution in [0.15, 0.2) is 305 Å². The summed E-state index contributed by atoms with van der Waals surface area (Å²) < 4.78 is 11.9. The molecule has 16 aromatic rings. The van der Waals surface area contributed by atoms with Crippen LogP contribution in [0.25, 0.3) is 121 Å². The Morgan fingerprint density at radius 2 is 0.798 bits per heavy atom. The van der Waals surface area contributed by atoms with E-state index in [1.165, 1.54) is 86.5 Å². The number of para-hydroxylation sites is 5. The van der Waals surface area contributed by atoms with Gasteiger partial charge in [0.15, 0.2) is 0 Å². The van der Waals surface area contributed by atoms with Crippen LogP contribution in [0.2, 0.25) is 0 Å². The molecule has 0 amide bonds. The Bertz CT molecular complexity index is 5210. The van der Waals surface area contributed by atoms with Crippen LogP contribution in [-0.4, -0.2) is 15.8 Å². The van der Waals surface area contributed by atoms with E-state index in [9.17, 15) is 0 Å². The standard InChI is InChI=1S/C78H48BN3OS/c1-4-20-49(21-5-1)52-26-18-27-53(44-52)54-38-42-72-63(45-54)75-73(83-72)43-41-65-78(75)84-74-48-56(81-68-36-16-12-30-61(68)62-31-13-17-37-69(62)81)47-71-76(74)79(65)64-40-39-55(80-66-34-14-10-28-59(66)60-29-11-15-35-67(60)80)46-70(64)82(71)77-57(50-22-6-2-7-23-50)32-19-33-58(77)51-24-8-3-9-25-51/h1-48H. The number of furan rings is 1. The van der Waals surface area contributed by atoms with Gasteiger partial charge in [0.25, 0.3) is 0 Å². The maximum atomic E-state index is 6.93. The van der Waals surface area contributed by atoms with Gasteiger partial charge in [-0.2, -0.15) is 0 Å². The summed E-state index contributed by atoms with van der Waals surface area (Å²) >= 11 is 1.90. The monoisotopic (exact) mass is 1090 g/mol. The molecule has 2 aliphatic rings. The number of aromatic nitrogens is 2. The van der Waals surface area contributed by atoms with Crippen molar-refractivity contribution in [1.82, 2.24) is 9.13 Å². The van der Waals surface area contributed by atoms with Crippen molar-refractivity contribution in [1.29, 1.82) is 0 Å². The zero-order valence-electron chi connectivity index (χ0n) is 45.4. The molecule has 0 unspecified atom stereocenters. The van der Waals surface area contributed by atoms with E-state index in [0.29, 0.717) is 0 Å². The molecule has 5 heterocycles. The van der Waals surface area contributed by atoms with Gasteiger partial charge in [0.1, 0.15) is 11.2 Å². The van der Waals surface area contributed by atoms with E-state index < -0.39 is 0 Å². The Labute approximate surface area is 489 Å². The molecule has 2 aliphatic heterocycles. The highest BCUT2D eigenvalue weighted by Gasteiger charge is 2.44. The lowest BCUT2D eigenvalue weighted by molar-refractivity contribution is 0.668. The molecule has 0 bridgehead atoms. The van der Waals surface area contributed by atoms with Gasteiger partial charge in [-0.05, 0) is 117 Å². The fraction of sp³-hybridized carbons (Fsp3) is 0. The Morgan fingerprint density at radius 3 is 1.40 bits per heavy atom. The Morgan fingerprint density at radius 1 is 0.321 bits per heavy atom. The molecular weight excluding hydrogens is 1040 g/mol. The smallest absolute Gasteiger partial charge is 0.249 e. The summed E-state index contributed by atoms with van der Waals surface area (Å²) in [4.78, 5) is 5.10. The van der Waals surface area contributed by atoms with Gasteiger partial charge in [-0.25, -0.2) is 0 Å². The molecule has 18 rings (SSSR count). The second-order valence-electron chi connectivity index (χ2n) is 22.3. The third-order valence-electron chi connectivity index (χ3n) is 17.8. The molecule has 0 fully saturated rings. The summed E-state index contributed by atoms with van der Waals surface area (Å²) in [5.41, 5.74) is 25.2. The Balaban J connectivity index is 0.961. The van der Waals surface area contributed by atoms with Crippen LogP contribution in [0.3, 0.4) is 0 Å². The largest absolute Gasteiger partial charge is 0.456 e. The predicted octanol–water partition coefficient (Wildman–Crippen LogP) is 19.2. The first kappa shape index (κ1) is 47.1. The quantitative estimate of drug-likeness (QED) is 0.149. The van der Waals surface area contributed by atoms with Crippen LogP contribution in [0.1, 0.15) is 0 Å². The van der Waals surface area contributed by atoms with E-state index >= 15 is 0 Å². The molecule has 6 heteroatoms. The molecule has 0 spiro atoms. The first-order valence-electron chi connectivity index (χ1n) is 28.8. The first-order valence-corrected chi connectivity index (χ1v) is 29.7. The topological polar surface area (TPSA) is 26.2 Å². The highest BCUT2D eigenvalue weighted by molar-refractivity contribution is 8.00. The van der Waals surface area contributed by atoms with Gasteiger partial charge in [-0.15, -0.1) is 0 Å². The lowest BCUT2D eigenvalue weighted by atomic mass is 9.34. The van der Waals surface area contributed by atoms with Crippen LogP contribution < -0.4 is 21.3 Å². The van der Waals surface area contributed by atoms with Gasteiger partial charge in [0.05, 0.1) is 27.8 Å². The fourth-order valence-corrected chi connectivity index (χ4v) is 15.5. The number of fused-ring (bicyclic) bond motifs is 14. The van der Waals surface area contributed by atoms with E-state index in [2.05, 4.69) is 305 Å². The van der Waals surface area contributed by atoms with Gasteiger partial charge >= 0.3 is 0 Å². The van der Waals surface area contributed by atoms with Crippen LogP contribution in [-0.2, 0) is 0 Å². The fourth-order valence-electron chi connectivity index (χ4n) is 14.1. The first-order chi connectivity index (χ1) is 41.7. The van der Waals surface area contributed by atoms with Crippen molar-refractivity contribution in [2.24, 2.45) is 0 Å². The summed E-state index contributed by atoms with van der Waals surface area (Å²) in [6.07, 6.45) is 0. The lowest BCUT2D eigenvalue weighted by Crippen LogP contribution is -2.60. The Kier molecular flexibility index (Phi) is 10.4. The van der Waals surface area contributed by atoms with E-state index in [0.717, 1.165) is 78.2 Å². The summed E-state index contributed by atoms with van der Waals surface area (Å²) in [5, 5.41) is 7.18. The summed E-state index contributed by atoms with van der Waals surface area (Å²) in [5.74, 6) is 0. The van der Waals surface area contributed by atoms with Crippen molar-refractivity contribution in [2.75, 3.05) is 4.90 Å². The predicted molar refractivity (Wildman–Crippen MR) is 354 cm³/mol. The molecule has 0 saturated carbocycles. The molecule has 0 aliphatic carbocycles. The lowest BCUT2D eigenvalue weighted by Gasteiger charge is -2.42. The molecule has 13 aromatic carbocycles. The third kappa shape index (κ3) is 7.05. The molecule has 0 atom stereocenters. The minimum absolute atomic E-state index is 0.138. The maximum absolute atomic E-state index is 6.93. The molecule has 4 nitrogen and oxygen atoms in total. The second kappa shape index (κ2) is 18.5. The summed E-state index contributed by atoms with van der Waals surface area (Å²) in [6, 6.07) is 108. The highest BCUT2D eigenvalue weighted by atomic mass is 32.2. The average molecular weight is 1090 g/mol. The SMILES string of the molecule is c1ccc(-c2cccc(-c3ccc4oc5ccc6c(c5c4c3)Sc3cc(-n4c5ccccc5c5ccccc54)cc4c3B6c3ccc(-n5c6ccccc6c6ccccc65)cc3N4c3c(-c4ccccc4)cccc3-c3ccccc3)c2)cc1. The molecule has 0 N–H and O–H groups in total. The Hall–Kier alpha value is -10.5. The minimum atomic E-state index is -0.138. The van der Waals surface area contributed by atoms with Crippen molar-refractivity contribution in [3.8, 4) is 55.9 Å². The van der Waals surface area contributed by atoms with E-state index in [1.807, 2.05) is 11.8 Å². The number of anilines is 3. The minimum Gasteiger partial charge on any atom is -0.456 e. The normalized spacial score (nSPS) is 12.7. The van der Waals surface area contributed by atoms with Crippen LogP contribution in [0, 0.1) is 0 Å². The molecule has 0 saturated heterocycles. The van der Waals surface area contributed by atoms with Gasteiger partial charge in [-0.3, -0.25) is 0 Å². The average Bonchev–Trinajstić information content (AvgIpc) is 1.41. The van der Waals surface area contributed by atoms with Crippen LogP contribution in [0.4, 0.5) is 17.1 Å². The number of benzene rings is 13. The molecule has 390 valence electrons. The maximum Gasteiger partial charge on any atom is 0.249 e. The van der Waals surface area contributed by atoms with Gasteiger partial charge in [0.2, 0.25) is 6.71 Å². The van der Waals surface area contributed by atoms with Crippen LogP contribution >= 0.6 is 11.8 Å². The highest BCUT2D eigenvalue weighted by Crippen LogP contribution is 2.52. The van der Waals surface area contributed by atoms with Crippen LogP contribution in [0.5, 0.6) is 0 Å². The number of hydrogen-bond acceptors (Lipinski definition) is 3. The van der Waals surface area contributed by atoms with Gasteiger partial charge in [-0.1, -0.05) is 236 Å². The van der Waals surface area contributed by atoms with E-state index in [4.69, 9.17) is 4.42 Å². The van der Waals surface area contributed by atoms with Gasteiger partial charge in [0, 0.05) is 76.0 Å². The van der Waals surface area contributed by atoms with E-state index in [-0.39, 0.29) is 6.71 Å². The number of hydrogen-bond donors (Lipinski definition) is 0. The second-order valence-corrected chi connectivity index (χ2v) is 23.3. The van der Waals surface area contributed by atoms with Gasteiger partial charge < -0.3 is 18.5 Å². The molecule has 0 radical (unpaired) electrons. The van der Waals surface area contributed by atoms with E-state index in [1.54, 1.807) is 0 Å². The summed E-state index contributed by atoms with van der Waals surface area (Å²) in [6.45, 7) is -0.138. The molecular formula is C78H48BN3OS.